The Morgan fingerprint density at radius 2 is 1.13 bits per heavy atom. The Balaban J connectivity index is 1.71. The van der Waals surface area contributed by atoms with Crippen LogP contribution < -0.4 is 0 Å². The lowest BCUT2D eigenvalue weighted by Crippen LogP contribution is -2.61. The molecular formula is C30H28O8S. The Morgan fingerprint density at radius 1 is 0.718 bits per heavy atom. The second kappa shape index (κ2) is 13.7. The molecule has 4 rings (SSSR count). The van der Waals surface area contributed by atoms with Crippen LogP contribution in [0.5, 0.6) is 0 Å². The largest absolute Gasteiger partial charge is 0.452 e. The molecular weight excluding hydrogens is 520 g/mol. The van der Waals surface area contributed by atoms with Crippen molar-refractivity contribution in [1.29, 1.82) is 0 Å². The smallest absolute Gasteiger partial charge is 0.338 e. The van der Waals surface area contributed by atoms with Crippen molar-refractivity contribution in [3.63, 3.8) is 0 Å². The fraction of sp³-hybridized carbons (Fsp3) is 0.233. The molecule has 1 aliphatic rings. The van der Waals surface area contributed by atoms with E-state index in [1.807, 2.05) is 0 Å². The second-order valence-electron chi connectivity index (χ2n) is 8.56. The zero-order chi connectivity index (χ0) is 27.6. The second-order valence-corrected chi connectivity index (χ2v) is 9.69. The van der Waals surface area contributed by atoms with Crippen molar-refractivity contribution in [3.05, 3.63) is 120 Å². The molecule has 3 aromatic carbocycles. The van der Waals surface area contributed by atoms with E-state index in [-0.39, 0.29) is 16.7 Å². The maximum Gasteiger partial charge on any atom is 0.338 e. The molecule has 1 N–H and O–H groups in total. The number of ether oxygens (including phenoxy) is 4. The third kappa shape index (κ3) is 7.14. The highest BCUT2D eigenvalue weighted by Crippen LogP contribution is 2.35. The zero-order valence-corrected chi connectivity index (χ0v) is 21.8. The number of hydrogen-bond donors (Lipinski definition) is 1. The predicted molar refractivity (Wildman–Crippen MR) is 145 cm³/mol. The summed E-state index contributed by atoms with van der Waals surface area (Å²) in [7, 11) is 0. The topological polar surface area (TPSA) is 108 Å². The molecule has 9 heteroatoms. The van der Waals surface area contributed by atoms with Crippen LogP contribution in [0.4, 0.5) is 0 Å². The first-order valence-electron chi connectivity index (χ1n) is 12.3. The Morgan fingerprint density at radius 3 is 1.54 bits per heavy atom. The van der Waals surface area contributed by atoms with E-state index < -0.39 is 54.4 Å². The quantitative estimate of drug-likeness (QED) is 0.225. The van der Waals surface area contributed by atoms with Gasteiger partial charge in [0.1, 0.15) is 11.5 Å². The lowest BCUT2D eigenvalue weighted by molar-refractivity contribution is -0.207. The van der Waals surface area contributed by atoms with E-state index in [0.717, 1.165) is 0 Å². The Labute approximate surface area is 230 Å². The lowest BCUT2D eigenvalue weighted by atomic mass is 9.98. The molecule has 1 heterocycles. The summed E-state index contributed by atoms with van der Waals surface area (Å²) in [6.45, 7) is 3.18. The van der Waals surface area contributed by atoms with E-state index in [2.05, 4.69) is 6.58 Å². The summed E-state index contributed by atoms with van der Waals surface area (Å²) in [5, 5.41) is 10.2. The van der Waals surface area contributed by atoms with E-state index in [0.29, 0.717) is 5.75 Å². The molecule has 1 saturated heterocycles. The van der Waals surface area contributed by atoms with Gasteiger partial charge < -0.3 is 24.1 Å². The molecule has 0 amide bonds. The fourth-order valence-corrected chi connectivity index (χ4v) is 4.97. The molecule has 39 heavy (non-hydrogen) atoms. The first-order valence-corrected chi connectivity index (χ1v) is 13.3. The summed E-state index contributed by atoms with van der Waals surface area (Å²) in [4.78, 5) is 39.4. The summed E-state index contributed by atoms with van der Waals surface area (Å²) in [6, 6.07) is 24.8. The Kier molecular flexibility index (Phi) is 9.91. The van der Waals surface area contributed by atoms with Crippen molar-refractivity contribution in [2.24, 2.45) is 0 Å². The van der Waals surface area contributed by atoms with Crippen LogP contribution in [-0.2, 0) is 18.9 Å². The van der Waals surface area contributed by atoms with E-state index in [9.17, 15) is 19.5 Å². The van der Waals surface area contributed by atoms with Crippen LogP contribution in [0.15, 0.2) is 104 Å². The molecule has 0 spiro atoms. The first-order chi connectivity index (χ1) is 19.0. The summed E-state index contributed by atoms with van der Waals surface area (Å²) in [5.74, 6) is -1.69. The van der Waals surface area contributed by atoms with E-state index in [4.69, 9.17) is 18.9 Å². The van der Waals surface area contributed by atoms with Gasteiger partial charge in [0.25, 0.3) is 0 Å². The molecule has 0 bridgehead atoms. The summed E-state index contributed by atoms with van der Waals surface area (Å²) < 4.78 is 23.6. The van der Waals surface area contributed by atoms with Crippen molar-refractivity contribution in [2.45, 2.75) is 29.9 Å². The molecule has 0 radical (unpaired) electrons. The standard InChI is InChI=1S/C30H28O8S/c1-2-18-39-30-26(38-29(34)22-16-10-5-11-17-22)25(37-28(33)21-14-8-4-9-15-21)24(23(19-31)35-30)36-27(32)20-12-6-3-7-13-20/h2-17,23-26,30-31H,1,18-19H2. The number of hydrogen-bond acceptors (Lipinski definition) is 9. The number of aliphatic hydroxyl groups is 1. The summed E-state index contributed by atoms with van der Waals surface area (Å²) >= 11 is 1.25. The summed E-state index contributed by atoms with van der Waals surface area (Å²) in [6.07, 6.45) is -3.20. The van der Waals surface area contributed by atoms with Crippen LogP contribution in [0.25, 0.3) is 0 Å². The van der Waals surface area contributed by atoms with Crippen molar-refractivity contribution in [2.75, 3.05) is 12.4 Å². The highest BCUT2D eigenvalue weighted by molar-refractivity contribution is 7.99. The minimum Gasteiger partial charge on any atom is -0.452 e. The van der Waals surface area contributed by atoms with Crippen LogP contribution >= 0.6 is 11.8 Å². The molecule has 0 aliphatic carbocycles. The number of carbonyl (C=O) groups excluding carboxylic acids is 3. The molecule has 3 aromatic rings. The minimum atomic E-state index is -1.30. The molecule has 202 valence electrons. The predicted octanol–water partition coefficient (Wildman–Crippen LogP) is 4.30. The fourth-order valence-electron chi connectivity index (χ4n) is 4.02. The average Bonchev–Trinajstić information content (AvgIpc) is 2.99. The molecule has 8 nitrogen and oxygen atoms in total. The average molecular weight is 549 g/mol. The van der Waals surface area contributed by atoms with Crippen LogP contribution in [0.1, 0.15) is 31.1 Å². The van der Waals surface area contributed by atoms with Crippen LogP contribution in [0.2, 0.25) is 0 Å². The van der Waals surface area contributed by atoms with Crippen molar-refractivity contribution < 1.29 is 38.4 Å². The van der Waals surface area contributed by atoms with Gasteiger partial charge in [0.05, 0.1) is 23.3 Å². The van der Waals surface area contributed by atoms with Crippen molar-refractivity contribution >= 4 is 29.7 Å². The number of thioether (sulfide) groups is 1. The van der Waals surface area contributed by atoms with Gasteiger partial charge in [-0.15, -0.1) is 18.3 Å². The Bertz CT molecular complexity index is 1250. The SMILES string of the molecule is C=CCSC1OC(CO)C(OC(=O)c2ccccc2)C(OC(=O)c2ccccc2)C1OC(=O)c1ccccc1. The highest BCUT2D eigenvalue weighted by Gasteiger charge is 2.52. The lowest BCUT2D eigenvalue weighted by Gasteiger charge is -2.44. The van der Waals surface area contributed by atoms with Crippen LogP contribution in [0, 0.1) is 0 Å². The van der Waals surface area contributed by atoms with Gasteiger partial charge in [-0.25, -0.2) is 14.4 Å². The maximum atomic E-state index is 13.2. The van der Waals surface area contributed by atoms with Crippen molar-refractivity contribution in [3.8, 4) is 0 Å². The van der Waals surface area contributed by atoms with Gasteiger partial charge in [0, 0.05) is 5.75 Å². The normalized spacial score (nSPS) is 22.3. The third-order valence-corrected chi connectivity index (χ3v) is 7.04. The van der Waals surface area contributed by atoms with E-state index in [1.54, 1.807) is 97.1 Å². The monoisotopic (exact) mass is 548 g/mol. The number of esters is 3. The van der Waals surface area contributed by atoms with Gasteiger partial charge in [-0.2, -0.15) is 0 Å². The molecule has 1 fully saturated rings. The first kappa shape index (κ1) is 28.1. The van der Waals surface area contributed by atoms with E-state index >= 15 is 0 Å². The maximum absolute atomic E-state index is 13.2. The van der Waals surface area contributed by atoms with Crippen LogP contribution in [0.3, 0.4) is 0 Å². The highest BCUT2D eigenvalue weighted by atomic mass is 32.2. The third-order valence-electron chi connectivity index (χ3n) is 5.91. The van der Waals surface area contributed by atoms with Gasteiger partial charge in [-0.05, 0) is 36.4 Å². The molecule has 1 aliphatic heterocycles. The number of benzene rings is 3. The number of carbonyl (C=O) groups is 3. The Hall–Kier alpha value is -3.92. The van der Waals surface area contributed by atoms with Gasteiger partial charge >= 0.3 is 17.9 Å². The number of rotatable bonds is 10. The molecule has 5 unspecified atom stereocenters. The van der Waals surface area contributed by atoms with Gasteiger partial charge in [-0.3, -0.25) is 0 Å². The van der Waals surface area contributed by atoms with Crippen molar-refractivity contribution in [1.82, 2.24) is 0 Å². The molecule has 0 saturated carbocycles. The van der Waals surface area contributed by atoms with Gasteiger partial charge in [-0.1, -0.05) is 60.7 Å². The van der Waals surface area contributed by atoms with E-state index in [1.165, 1.54) is 11.8 Å². The minimum absolute atomic E-state index is 0.251. The van der Waals surface area contributed by atoms with Gasteiger partial charge in [0.2, 0.25) is 0 Å². The molecule has 5 atom stereocenters. The van der Waals surface area contributed by atoms with Crippen LogP contribution in [-0.4, -0.2) is 65.2 Å². The summed E-state index contributed by atoms with van der Waals surface area (Å²) in [5.41, 5.74) is -0.0855. The zero-order valence-electron chi connectivity index (χ0n) is 21.0. The van der Waals surface area contributed by atoms with Gasteiger partial charge in [0.15, 0.2) is 18.3 Å². The molecule has 0 aromatic heterocycles. The number of aliphatic hydroxyl groups excluding tert-OH is 1.